The molecule has 1 unspecified atom stereocenters. The van der Waals surface area contributed by atoms with E-state index in [0.29, 0.717) is 12.8 Å². The summed E-state index contributed by atoms with van der Waals surface area (Å²) in [4.78, 5) is 10.3. The number of benzene rings is 1. The maximum Gasteiger partial charge on any atom is 0.151 e. The molecular formula is C20H27NO2S. The monoisotopic (exact) mass is 345 g/mol. The summed E-state index contributed by atoms with van der Waals surface area (Å²) in [6, 6.07) is 10.4. The lowest BCUT2D eigenvalue weighted by atomic mass is 10.1. The van der Waals surface area contributed by atoms with Crippen molar-refractivity contribution >= 4 is 17.5 Å². The number of rotatable bonds is 8. The van der Waals surface area contributed by atoms with E-state index in [-0.39, 0.29) is 10.7 Å². The summed E-state index contributed by atoms with van der Waals surface area (Å²) in [5.74, 6) is 1.08. The Hall–Kier alpha value is -1.62. The van der Waals surface area contributed by atoms with E-state index in [2.05, 4.69) is 49.3 Å². The van der Waals surface area contributed by atoms with E-state index >= 15 is 0 Å². The molecule has 2 rings (SSSR count). The Morgan fingerprint density at radius 2 is 1.83 bits per heavy atom. The molecule has 4 heteroatoms. The van der Waals surface area contributed by atoms with Gasteiger partial charge in [0, 0.05) is 31.7 Å². The number of thioether (sulfide) groups is 1. The Morgan fingerprint density at radius 3 is 2.33 bits per heavy atom. The molecule has 1 aromatic rings. The minimum atomic E-state index is -0.242. The van der Waals surface area contributed by atoms with Gasteiger partial charge in [-0.3, -0.25) is 4.79 Å². The van der Waals surface area contributed by atoms with Crippen molar-refractivity contribution in [3.63, 3.8) is 0 Å². The van der Waals surface area contributed by atoms with Gasteiger partial charge >= 0.3 is 0 Å². The lowest BCUT2D eigenvalue weighted by molar-refractivity contribution is -0.117. The highest BCUT2D eigenvalue weighted by atomic mass is 32.2. The quantitative estimate of drug-likeness (QED) is 0.720. The highest BCUT2D eigenvalue weighted by Crippen LogP contribution is 2.38. The number of nitrogens with one attached hydrogen (secondary N) is 1. The van der Waals surface area contributed by atoms with Gasteiger partial charge in [-0.2, -0.15) is 0 Å². The summed E-state index contributed by atoms with van der Waals surface area (Å²) >= 11 is 1.80. The van der Waals surface area contributed by atoms with E-state index in [9.17, 15) is 4.79 Å². The zero-order valence-corrected chi connectivity index (χ0v) is 15.0. The number of hydrogen-bond donors (Lipinski definition) is 1. The van der Waals surface area contributed by atoms with E-state index in [1.165, 1.54) is 5.56 Å². The molecule has 0 amide bonds. The lowest BCUT2D eigenvalue weighted by Gasteiger charge is -2.37. The van der Waals surface area contributed by atoms with Crippen LogP contribution in [0.15, 0.2) is 68.3 Å². The van der Waals surface area contributed by atoms with Gasteiger partial charge in [-0.1, -0.05) is 48.6 Å². The zero-order valence-electron chi connectivity index (χ0n) is 14.2. The van der Waals surface area contributed by atoms with Crippen molar-refractivity contribution in [3.8, 4) is 0 Å². The SMILES string of the molecule is C=CCC(=O)CC=C.C=CCSC1(c2ccccc2)CNCCO1. The fraction of sp³-hybridized carbons (Fsp3) is 0.350. The zero-order chi connectivity index (χ0) is 17.7. The third-order valence-electron chi connectivity index (χ3n) is 3.36. The van der Waals surface area contributed by atoms with E-state index < -0.39 is 0 Å². The predicted octanol–water partition coefficient (Wildman–Crippen LogP) is 4.09. The van der Waals surface area contributed by atoms with E-state index in [1.807, 2.05) is 12.1 Å². The number of morpholine rings is 1. The molecule has 1 fully saturated rings. The van der Waals surface area contributed by atoms with Crippen molar-refractivity contribution in [2.75, 3.05) is 25.4 Å². The number of carbonyl (C=O) groups is 1. The van der Waals surface area contributed by atoms with Crippen molar-refractivity contribution in [2.24, 2.45) is 0 Å². The molecule has 3 nitrogen and oxygen atoms in total. The number of carbonyl (C=O) groups excluding carboxylic acids is 1. The predicted molar refractivity (Wildman–Crippen MR) is 104 cm³/mol. The van der Waals surface area contributed by atoms with Gasteiger partial charge in [-0.05, 0) is 5.56 Å². The summed E-state index contributed by atoms with van der Waals surface area (Å²) in [5, 5.41) is 3.40. The molecule has 0 spiro atoms. The maximum atomic E-state index is 10.5. The van der Waals surface area contributed by atoms with Crippen LogP contribution in [-0.2, 0) is 14.5 Å². The molecule has 0 bridgehead atoms. The molecule has 1 aliphatic heterocycles. The Bertz CT molecular complexity index is 510. The van der Waals surface area contributed by atoms with Crippen molar-refractivity contribution in [1.29, 1.82) is 0 Å². The third-order valence-corrected chi connectivity index (χ3v) is 4.73. The van der Waals surface area contributed by atoms with Crippen LogP contribution >= 0.6 is 11.8 Å². The molecule has 1 atom stereocenters. The highest BCUT2D eigenvalue weighted by molar-refractivity contribution is 8.00. The minimum absolute atomic E-state index is 0.176. The normalized spacial score (nSPS) is 19.5. The van der Waals surface area contributed by atoms with Crippen LogP contribution in [0, 0.1) is 0 Å². The van der Waals surface area contributed by atoms with Crippen molar-refractivity contribution < 1.29 is 9.53 Å². The molecule has 1 saturated heterocycles. The average molecular weight is 346 g/mol. The first-order valence-electron chi connectivity index (χ1n) is 8.07. The smallest absolute Gasteiger partial charge is 0.151 e. The van der Waals surface area contributed by atoms with Crippen LogP contribution in [0.5, 0.6) is 0 Å². The summed E-state index contributed by atoms with van der Waals surface area (Å²) in [6.07, 6.45) is 6.06. The lowest BCUT2D eigenvalue weighted by Crippen LogP contribution is -2.45. The fourth-order valence-electron chi connectivity index (χ4n) is 2.24. The summed E-state index contributed by atoms with van der Waals surface area (Å²) in [7, 11) is 0. The van der Waals surface area contributed by atoms with Crippen LogP contribution in [0.2, 0.25) is 0 Å². The van der Waals surface area contributed by atoms with Crippen LogP contribution in [0.25, 0.3) is 0 Å². The minimum Gasteiger partial charge on any atom is -0.357 e. The Morgan fingerprint density at radius 1 is 1.17 bits per heavy atom. The molecule has 130 valence electrons. The van der Waals surface area contributed by atoms with Gasteiger partial charge in [0.25, 0.3) is 0 Å². The average Bonchev–Trinajstić information content (AvgIpc) is 2.63. The van der Waals surface area contributed by atoms with Gasteiger partial charge in [0.2, 0.25) is 0 Å². The largest absolute Gasteiger partial charge is 0.357 e. The molecule has 1 aromatic carbocycles. The molecule has 0 aromatic heterocycles. The molecule has 0 saturated carbocycles. The second-order valence-electron chi connectivity index (χ2n) is 5.27. The Labute approximate surface area is 149 Å². The first kappa shape index (κ1) is 20.4. The number of allylic oxidation sites excluding steroid dienone is 2. The van der Waals surface area contributed by atoms with Gasteiger partial charge in [-0.25, -0.2) is 0 Å². The van der Waals surface area contributed by atoms with Crippen LogP contribution in [0.3, 0.4) is 0 Å². The van der Waals surface area contributed by atoms with Gasteiger partial charge in [0.05, 0.1) is 6.61 Å². The molecule has 0 radical (unpaired) electrons. The van der Waals surface area contributed by atoms with E-state index in [4.69, 9.17) is 4.74 Å². The standard InChI is InChI=1S/C13H17NOS.C7H10O/c1-2-10-16-13(11-14-8-9-15-13)12-6-4-3-5-7-12;1-3-5-7(8)6-4-2/h2-7,14H,1,8-11H2;3-4H,1-2,5-6H2. The first-order chi connectivity index (χ1) is 11.7. The Balaban J connectivity index is 0.000000307. The second kappa shape index (κ2) is 11.8. The number of ether oxygens (including phenoxy) is 1. The number of hydrogen-bond acceptors (Lipinski definition) is 4. The molecular weight excluding hydrogens is 318 g/mol. The Kier molecular flexibility index (Phi) is 10.1. The molecule has 1 heterocycles. The van der Waals surface area contributed by atoms with E-state index in [1.54, 1.807) is 23.9 Å². The van der Waals surface area contributed by atoms with Crippen LogP contribution < -0.4 is 5.32 Å². The third kappa shape index (κ3) is 6.87. The van der Waals surface area contributed by atoms with Crippen molar-refractivity contribution in [3.05, 3.63) is 73.9 Å². The maximum absolute atomic E-state index is 10.5. The van der Waals surface area contributed by atoms with Gasteiger partial charge in [0.15, 0.2) is 4.93 Å². The summed E-state index contributed by atoms with van der Waals surface area (Å²) < 4.78 is 6.01. The van der Waals surface area contributed by atoms with Crippen LogP contribution in [0.4, 0.5) is 0 Å². The molecule has 1 N–H and O–H groups in total. The highest BCUT2D eigenvalue weighted by Gasteiger charge is 2.35. The first-order valence-corrected chi connectivity index (χ1v) is 9.05. The van der Waals surface area contributed by atoms with Gasteiger partial charge in [0.1, 0.15) is 5.78 Å². The number of ketones is 1. The molecule has 0 aliphatic carbocycles. The fourth-order valence-corrected chi connectivity index (χ4v) is 3.31. The summed E-state index contributed by atoms with van der Waals surface area (Å²) in [6.45, 7) is 13.2. The van der Waals surface area contributed by atoms with Crippen molar-refractivity contribution in [1.82, 2.24) is 5.32 Å². The van der Waals surface area contributed by atoms with Gasteiger partial charge in [-0.15, -0.1) is 31.5 Å². The topological polar surface area (TPSA) is 38.3 Å². The second-order valence-corrected chi connectivity index (χ2v) is 6.55. The molecule has 24 heavy (non-hydrogen) atoms. The van der Waals surface area contributed by atoms with Gasteiger partial charge < -0.3 is 10.1 Å². The van der Waals surface area contributed by atoms with E-state index in [0.717, 1.165) is 25.4 Å². The number of Topliss-reactive ketones (excluding diaryl/α,β-unsaturated/α-hetero) is 1. The van der Waals surface area contributed by atoms with Crippen LogP contribution in [0.1, 0.15) is 18.4 Å². The van der Waals surface area contributed by atoms with Crippen LogP contribution in [-0.4, -0.2) is 31.2 Å². The molecule has 1 aliphatic rings. The summed E-state index contributed by atoms with van der Waals surface area (Å²) in [5.41, 5.74) is 1.23. The van der Waals surface area contributed by atoms with Crippen molar-refractivity contribution in [2.45, 2.75) is 17.8 Å².